The third-order valence-corrected chi connectivity index (χ3v) is 2.80. The van der Waals surface area contributed by atoms with Gasteiger partial charge in [-0.05, 0) is 36.8 Å². The second-order valence-corrected chi connectivity index (χ2v) is 4.24. The zero-order chi connectivity index (χ0) is 14.4. The van der Waals surface area contributed by atoms with E-state index in [2.05, 4.69) is 16.2 Å². The van der Waals surface area contributed by atoms with Crippen LogP contribution in [0.2, 0.25) is 0 Å². The average molecular weight is 269 g/mol. The Labute approximate surface area is 117 Å². The van der Waals surface area contributed by atoms with Crippen LogP contribution in [-0.2, 0) is 4.79 Å². The number of nitrogens with one attached hydrogen (secondary N) is 3. The summed E-state index contributed by atoms with van der Waals surface area (Å²) < 4.78 is 0. The van der Waals surface area contributed by atoms with Crippen molar-refractivity contribution in [3.05, 3.63) is 59.7 Å². The van der Waals surface area contributed by atoms with Gasteiger partial charge in [-0.3, -0.25) is 20.4 Å². The summed E-state index contributed by atoms with van der Waals surface area (Å²) >= 11 is 0. The van der Waals surface area contributed by atoms with Crippen molar-refractivity contribution in [2.45, 2.75) is 6.92 Å². The smallest absolute Gasteiger partial charge is 0.255 e. The van der Waals surface area contributed by atoms with Crippen molar-refractivity contribution in [1.29, 1.82) is 0 Å². The molecule has 102 valence electrons. The molecule has 0 aromatic heterocycles. The Bertz CT molecular complexity index is 612. The first kappa shape index (κ1) is 13.6. The normalized spacial score (nSPS) is 9.65. The van der Waals surface area contributed by atoms with E-state index in [1.807, 2.05) is 37.3 Å². The highest BCUT2D eigenvalue weighted by atomic mass is 16.1. The highest BCUT2D eigenvalue weighted by molar-refractivity contribution is 6.04. The van der Waals surface area contributed by atoms with E-state index in [0.29, 0.717) is 23.3 Å². The monoisotopic (exact) mass is 269 g/mol. The lowest BCUT2D eigenvalue weighted by Crippen LogP contribution is -2.19. The van der Waals surface area contributed by atoms with Gasteiger partial charge in [0.15, 0.2) is 0 Å². The predicted molar refractivity (Wildman–Crippen MR) is 78.4 cm³/mol. The summed E-state index contributed by atoms with van der Waals surface area (Å²) in [6.45, 7) is 1.90. The number of aryl methyl sites for hydroxylation is 1. The molecule has 2 amide bonds. The topological polar surface area (TPSA) is 70.2 Å². The van der Waals surface area contributed by atoms with Crippen molar-refractivity contribution in [2.75, 3.05) is 10.7 Å². The van der Waals surface area contributed by atoms with Crippen molar-refractivity contribution in [1.82, 2.24) is 5.43 Å². The van der Waals surface area contributed by atoms with Crippen LogP contribution in [0.1, 0.15) is 15.9 Å². The first-order valence-electron chi connectivity index (χ1n) is 6.13. The first-order chi connectivity index (χ1) is 9.70. The van der Waals surface area contributed by atoms with E-state index >= 15 is 0 Å². The van der Waals surface area contributed by atoms with Crippen molar-refractivity contribution >= 4 is 23.7 Å². The van der Waals surface area contributed by atoms with Crippen LogP contribution >= 0.6 is 0 Å². The van der Waals surface area contributed by atoms with Gasteiger partial charge in [-0.25, -0.2) is 0 Å². The van der Waals surface area contributed by atoms with E-state index in [-0.39, 0.29) is 5.91 Å². The fraction of sp³-hybridized carbons (Fsp3) is 0.0667. The maximum atomic E-state index is 12.1. The molecule has 0 radical (unpaired) electrons. The van der Waals surface area contributed by atoms with Gasteiger partial charge in [0, 0.05) is 11.3 Å². The summed E-state index contributed by atoms with van der Waals surface area (Å²) in [6, 6.07) is 14.4. The molecule has 0 aliphatic carbocycles. The average Bonchev–Trinajstić information content (AvgIpc) is 2.49. The number of benzene rings is 2. The van der Waals surface area contributed by atoms with Gasteiger partial charge >= 0.3 is 0 Å². The van der Waals surface area contributed by atoms with E-state index in [9.17, 15) is 9.59 Å². The van der Waals surface area contributed by atoms with Gasteiger partial charge in [-0.15, -0.1) is 0 Å². The molecular formula is C15H15N3O2. The Hall–Kier alpha value is -2.82. The van der Waals surface area contributed by atoms with Crippen LogP contribution in [-0.4, -0.2) is 12.3 Å². The Balaban J connectivity index is 2.16. The van der Waals surface area contributed by atoms with Crippen LogP contribution in [0.5, 0.6) is 0 Å². The SMILES string of the molecule is Cc1ccc(NNC=O)cc1NC(=O)c1ccccc1. The van der Waals surface area contributed by atoms with Crippen molar-refractivity contribution in [2.24, 2.45) is 0 Å². The van der Waals surface area contributed by atoms with Crippen LogP contribution in [0.25, 0.3) is 0 Å². The van der Waals surface area contributed by atoms with Gasteiger partial charge in [0.1, 0.15) is 0 Å². The molecule has 0 heterocycles. The molecule has 2 rings (SSSR count). The van der Waals surface area contributed by atoms with E-state index < -0.39 is 0 Å². The summed E-state index contributed by atoms with van der Waals surface area (Å²) in [5.41, 5.74) is 7.97. The fourth-order valence-electron chi connectivity index (χ4n) is 1.73. The summed E-state index contributed by atoms with van der Waals surface area (Å²) in [5.74, 6) is -0.172. The lowest BCUT2D eigenvalue weighted by Gasteiger charge is -2.11. The predicted octanol–water partition coefficient (Wildman–Crippen LogP) is 2.32. The Morgan fingerprint density at radius 2 is 1.85 bits per heavy atom. The van der Waals surface area contributed by atoms with Crippen molar-refractivity contribution < 1.29 is 9.59 Å². The van der Waals surface area contributed by atoms with Gasteiger partial charge in [0.2, 0.25) is 6.41 Å². The lowest BCUT2D eigenvalue weighted by atomic mass is 10.1. The Kier molecular flexibility index (Phi) is 4.34. The molecule has 5 nitrogen and oxygen atoms in total. The summed E-state index contributed by atoms with van der Waals surface area (Å²) in [4.78, 5) is 22.3. The quantitative estimate of drug-likeness (QED) is 0.576. The number of carbonyl (C=O) groups excluding carboxylic acids is 2. The number of amides is 2. The van der Waals surface area contributed by atoms with E-state index in [1.165, 1.54) is 0 Å². The van der Waals surface area contributed by atoms with E-state index in [1.54, 1.807) is 18.2 Å². The number of anilines is 2. The van der Waals surface area contributed by atoms with Crippen molar-refractivity contribution in [3.8, 4) is 0 Å². The highest BCUT2D eigenvalue weighted by Crippen LogP contribution is 2.20. The van der Waals surface area contributed by atoms with Gasteiger partial charge in [-0.1, -0.05) is 24.3 Å². The molecule has 0 bridgehead atoms. The number of rotatable bonds is 5. The summed E-state index contributed by atoms with van der Waals surface area (Å²) in [7, 11) is 0. The van der Waals surface area contributed by atoms with Gasteiger partial charge in [0.05, 0.1) is 5.69 Å². The van der Waals surface area contributed by atoms with E-state index in [4.69, 9.17) is 0 Å². The second kappa shape index (κ2) is 6.38. The molecule has 0 saturated carbocycles. The molecule has 5 heteroatoms. The number of carbonyl (C=O) groups is 2. The summed E-state index contributed by atoms with van der Waals surface area (Å²) in [5, 5.41) is 2.85. The molecule has 0 aliphatic heterocycles. The minimum atomic E-state index is -0.172. The van der Waals surface area contributed by atoms with Crippen molar-refractivity contribution in [3.63, 3.8) is 0 Å². The first-order valence-corrected chi connectivity index (χ1v) is 6.13. The molecule has 2 aromatic carbocycles. The molecule has 0 fully saturated rings. The zero-order valence-corrected chi connectivity index (χ0v) is 11.0. The maximum Gasteiger partial charge on any atom is 0.255 e. The fourth-order valence-corrected chi connectivity index (χ4v) is 1.73. The number of hydrogen-bond acceptors (Lipinski definition) is 3. The van der Waals surface area contributed by atoms with Gasteiger partial charge in [0.25, 0.3) is 5.91 Å². The highest BCUT2D eigenvalue weighted by Gasteiger charge is 2.07. The second-order valence-electron chi connectivity index (χ2n) is 4.24. The van der Waals surface area contributed by atoms with Crippen LogP contribution in [0.3, 0.4) is 0 Å². The van der Waals surface area contributed by atoms with Gasteiger partial charge < -0.3 is 5.32 Å². The summed E-state index contributed by atoms with van der Waals surface area (Å²) in [6.07, 6.45) is 0.544. The largest absolute Gasteiger partial charge is 0.322 e. The maximum absolute atomic E-state index is 12.1. The van der Waals surface area contributed by atoms with Crippen LogP contribution in [0.15, 0.2) is 48.5 Å². The molecular weight excluding hydrogens is 254 g/mol. The standard InChI is InChI=1S/C15H15N3O2/c1-11-7-8-13(18-16-10-19)9-14(11)17-15(20)12-5-3-2-4-6-12/h2-10,18H,1H3,(H,16,19)(H,17,20). The number of hydrogen-bond donors (Lipinski definition) is 3. The third-order valence-electron chi connectivity index (χ3n) is 2.80. The Morgan fingerprint density at radius 1 is 1.10 bits per heavy atom. The number of hydrazine groups is 1. The minimum Gasteiger partial charge on any atom is -0.322 e. The molecule has 20 heavy (non-hydrogen) atoms. The molecule has 0 spiro atoms. The molecule has 3 N–H and O–H groups in total. The molecule has 0 unspecified atom stereocenters. The van der Waals surface area contributed by atoms with E-state index in [0.717, 1.165) is 5.56 Å². The zero-order valence-electron chi connectivity index (χ0n) is 11.0. The lowest BCUT2D eigenvalue weighted by molar-refractivity contribution is -0.109. The Morgan fingerprint density at radius 3 is 2.55 bits per heavy atom. The third kappa shape index (κ3) is 3.35. The van der Waals surface area contributed by atoms with Crippen LogP contribution in [0.4, 0.5) is 11.4 Å². The molecule has 0 atom stereocenters. The molecule has 0 aliphatic rings. The minimum absolute atomic E-state index is 0.172. The van der Waals surface area contributed by atoms with Crippen LogP contribution < -0.4 is 16.2 Å². The molecule has 2 aromatic rings. The molecule has 0 saturated heterocycles. The van der Waals surface area contributed by atoms with Gasteiger partial charge in [-0.2, -0.15) is 0 Å². The van der Waals surface area contributed by atoms with Crippen LogP contribution in [0, 0.1) is 6.92 Å².